The maximum Gasteiger partial charge on any atom is 0.413 e. The van der Waals surface area contributed by atoms with Crippen LogP contribution < -0.4 is 5.43 Å². The molecule has 0 saturated heterocycles. The first-order valence-corrected chi connectivity index (χ1v) is 34.3. The number of hydrazone groups is 1. The van der Waals surface area contributed by atoms with Gasteiger partial charge < -0.3 is 15.2 Å². The molecular weight excluding hydrogens is 1140 g/mol. The monoisotopic (exact) mass is 1180 g/mol. The molecule has 0 aromatic heterocycles. The van der Waals surface area contributed by atoms with Crippen LogP contribution in [0.1, 0.15) is 103 Å². The summed E-state index contributed by atoms with van der Waals surface area (Å²) in [5.74, 6) is -0.0858. The fourth-order valence-electron chi connectivity index (χ4n) is 20.8. The Morgan fingerprint density at radius 1 is 0.352 bits per heavy atom. The summed E-state index contributed by atoms with van der Waals surface area (Å²) in [5, 5.41) is 45.2. The number of hydrogen-bond acceptors (Lipinski definition) is 6. The van der Waals surface area contributed by atoms with E-state index in [2.05, 4.69) is 163 Å². The van der Waals surface area contributed by atoms with E-state index in [4.69, 9.17) is 20.3 Å². The van der Waals surface area contributed by atoms with Crippen molar-refractivity contribution < 1.29 is 15.2 Å². The highest BCUT2D eigenvalue weighted by atomic mass is 27.1. The summed E-state index contributed by atoms with van der Waals surface area (Å²) in [6, 6.07) is 55.2. The molecule has 3 atom stereocenters. The lowest BCUT2D eigenvalue weighted by Crippen LogP contribution is -2.29. The molecule has 1 aliphatic heterocycles. The highest BCUT2D eigenvalue weighted by Gasteiger charge is 2.50. The van der Waals surface area contributed by atoms with Gasteiger partial charge in [0.15, 0.2) is 0 Å². The minimum atomic E-state index is -0.367. The Hall–Kier alpha value is -7.92. The third-order valence-electron chi connectivity index (χ3n) is 23.5. The first-order chi connectivity index (χ1) is 43.5. The molecule has 17 aromatic rings. The van der Waals surface area contributed by atoms with E-state index in [1.807, 2.05) is 0 Å². The van der Waals surface area contributed by atoms with E-state index < -0.39 is 0 Å². The molecule has 8 aliphatic rings. The van der Waals surface area contributed by atoms with Crippen LogP contribution >= 0.6 is 0 Å². The van der Waals surface area contributed by atoms with E-state index in [1.165, 1.54) is 206 Å². The molecule has 10 heteroatoms. The maximum absolute atomic E-state index is 6.01. The molecule has 1 N–H and O–H groups in total. The fraction of sp³-hybridized carbons (Fsp3) is 0.0641. The van der Waals surface area contributed by atoms with Crippen molar-refractivity contribution in [3.63, 3.8) is 0 Å². The minimum absolute atomic E-state index is 0.0456. The smallest absolute Gasteiger partial charge is 0.413 e. The van der Waals surface area contributed by atoms with E-state index in [0.29, 0.717) is 66.5 Å². The van der Waals surface area contributed by atoms with Crippen molar-refractivity contribution in [2.45, 2.75) is 30.3 Å². The third-order valence-corrected chi connectivity index (χ3v) is 25.2. The summed E-state index contributed by atoms with van der Waals surface area (Å²) in [5.41, 5.74) is 28.9. The molecule has 1 heterocycles. The van der Waals surface area contributed by atoms with Crippen molar-refractivity contribution in [1.29, 1.82) is 0 Å². The van der Waals surface area contributed by atoms with Crippen molar-refractivity contribution in [1.82, 2.24) is 5.43 Å². The second kappa shape index (κ2) is 14.9. The van der Waals surface area contributed by atoms with Gasteiger partial charge in [-0.3, -0.25) is 5.43 Å². The predicted molar refractivity (Wildman–Crippen MR) is 371 cm³/mol. The van der Waals surface area contributed by atoms with Gasteiger partial charge in [-0.1, -0.05) is 140 Å². The SMILES string of the molecule is [AlH2][O]C([O][AlH2])c1ccc(C2=NNC(c3ccc(C([O][AlH2])[O][AlH2])cc3)=C3c4c5ccc6ccc7cc8cc9ccc%10ccc%11c%12ccc%13c%14c%12c%12c%15c%11c%10c9c9c8c8c%10c(c%11c-%12c%12c%16c(cc%17ccc(c%18c4c(c%11c%16c%17%18)c%10c5c6c78)C23)C=C(C=C%13)C%14%12)C%159)cc1. The van der Waals surface area contributed by atoms with Gasteiger partial charge in [0.1, 0.15) is 12.6 Å². The van der Waals surface area contributed by atoms with Crippen LogP contribution in [0.15, 0.2) is 156 Å². The van der Waals surface area contributed by atoms with Gasteiger partial charge in [0.2, 0.25) is 0 Å². The molecule has 0 saturated carbocycles. The Morgan fingerprint density at radius 2 is 0.909 bits per heavy atom. The molecule has 6 nitrogen and oxygen atoms in total. The van der Waals surface area contributed by atoms with Crippen molar-refractivity contribution in [3.8, 4) is 11.1 Å². The largest absolute Gasteiger partial charge is 0.483 e. The van der Waals surface area contributed by atoms with Gasteiger partial charge in [0.05, 0.1) is 17.3 Å². The Kier molecular flexibility index (Phi) is 7.81. The van der Waals surface area contributed by atoms with E-state index in [0.717, 1.165) is 33.7 Å². The summed E-state index contributed by atoms with van der Waals surface area (Å²) in [4.78, 5) is 0. The van der Waals surface area contributed by atoms with E-state index in [9.17, 15) is 0 Å². The molecule has 0 radical (unpaired) electrons. The Labute approximate surface area is 532 Å². The van der Waals surface area contributed by atoms with Gasteiger partial charge in [-0.25, -0.2) is 0 Å². The Bertz CT molecular complexity index is 6630. The number of nitrogens with zero attached hydrogens (tertiary/aromatic N) is 1. The lowest BCUT2D eigenvalue weighted by atomic mass is 9.56. The molecule has 88 heavy (non-hydrogen) atoms. The normalized spacial score (nSPS) is 18.4. The standard InChI is InChI=1S/C78H32N2O4.4Al.8H/c81-77(82)32-8-4-30(5-9-32)75-58-43-22-18-37-26-39-24-35-13-2-28-16-20-41-40-19-15-27-1-12-34-23-38-25-36-14-3-29-17-21-42-55-46(29)49(36)61-51(38)59-47(34)44(27)53(40)64-65-54(41)45(28)48(35)60-52(39)62-50(37)56(43)63(71-66(55)69(61)72(67(59)64)73(68(60)65)70(62)71)57(42)74(58)76(80-79-75)31-6-10-33(11-7-31)78(83)84;;;;;;;;;;;;/h1-26,48,58,67,77-78,80H;;;;;;;;;;;;/q-4;4*+1;;;;;;;;. The molecule has 7 aliphatic carbocycles. The molecule has 3 unspecified atom stereocenters. The number of rotatable bonds is 8. The zero-order chi connectivity index (χ0) is 56.6. The number of fused-ring (bicyclic) bond motifs is 5. The molecule has 398 valence electrons. The van der Waals surface area contributed by atoms with E-state index >= 15 is 0 Å². The van der Waals surface area contributed by atoms with Crippen molar-refractivity contribution in [2.75, 3.05) is 0 Å². The second-order valence-electron chi connectivity index (χ2n) is 26.6. The third kappa shape index (κ3) is 4.64. The summed E-state index contributed by atoms with van der Waals surface area (Å²) < 4.78 is 24.0. The van der Waals surface area contributed by atoms with Gasteiger partial charge in [0, 0.05) is 23.0 Å². The summed E-state index contributed by atoms with van der Waals surface area (Å²) >= 11 is 2.31. The number of allylic oxidation sites excluding steroid dienone is 3. The zero-order valence-corrected chi connectivity index (χ0v) is 56.0. The molecule has 0 fully saturated rings. The predicted octanol–water partition coefficient (Wildman–Crippen LogP) is 15.5. The van der Waals surface area contributed by atoms with Crippen LogP contribution in [-0.2, 0) is 15.2 Å². The average Bonchev–Trinajstić information content (AvgIpc) is 0.625. The fourth-order valence-corrected chi connectivity index (χ4v) is 23.4. The van der Waals surface area contributed by atoms with E-state index in [1.54, 1.807) is 16.7 Å². The van der Waals surface area contributed by atoms with Crippen LogP contribution in [0, 0.1) is 0 Å². The average molecular weight is 1180 g/mol. The highest BCUT2D eigenvalue weighted by molar-refractivity contribution is 6.57. The van der Waals surface area contributed by atoms with Gasteiger partial charge >= 0.3 is 66.5 Å². The first kappa shape index (κ1) is 46.2. The van der Waals surface area contributed by atoms with Crippen LogP contribution in [0.5, 0.6) is 0 Å². The van der Waals surface area contributed by atoms with Gasteiger partial charge in [-0.2, -0.15) is 5.10 Å². The summed E-state index contributed by atoms with van der Waals surface area (Å²) in [7, 11) is 0. The van der Waals surface area contributed by atoms with Crippen LogP contribution in [0.25, 0.3) is 185 Å². The van der Waals surface area contributed by atoms with E-state index in [-0.39, 0.29) is 30.3 Å². The number of benzene rings is 17. The van der Waals surface area contributed by atoms with Crippen LogP contribution in [-0.4, -0.2) is 72.2 Å². The minimum Gasteiger partial charge on any atom is -0.483 e. The molecule has 0 amide bonds. The van der Waals surface area contributed by atoms with Gasteiger partial charge in [-0.05, 0) is 252 Å². The van der Waals surface area contributed by atoms with Gasteiger partial charge in [-0.15, -0.1) is 0 Å². The Balaban J connectivity index is 0.977. The molecule has 0 bridgehead atoms. The molecule has 25 rings (SSSR count). The van der Waals surface area contributed by atoms with Crippen LogP contribution in [0.4, 0.5) is 0 Å². The number of hydrogen-bond donors (Lipinski definition) is 1. The second-order valence-corrected chi connectivity index (χ2v) is 28.5. The topological polar surface area (TPSA) is 61.3 Å². The summed E-state index contributed by atoms with van der Waals surface area (Å²) in [6.07, 6.45) is 6.78. The first-order valence-electron chi connectivity index (χ1n) is 31.0. The molecule has 0 spiro atoms. The lowest BCUT2D eigenvalue weighted by Gasteiger charge is -2.46. The zero-order valence-electron chi connectivity index (χ0n) is 48.0. The van der Waals surface area contributed by atoms with Gasteiger partial charge in [0.25, 0.3) is 0 Å². The van der Waals surface area contributed by atoms with Crippen molar-refractivity contribution >= 4 is 246 Å². The quantitative estimate of drug-likeness (QED) is 0.0711. The highest BCUT2D eigenvalue weighted by Crippen LogP contribution is 2.73. The van der Waals surface area contributed by atoms with Crippen molar-refractivity contribution in [2.24, 2.45) is 5.10 Å². The summed E-state index contributed by atoms with van der Waals surface area (Å²) in [6.45, 7) is 0. The maximum atomic E-state index is 6.01. The van der Waals surface area contributed by atoms with Crippen LogP contribution in [0.3, 0.4) is 0 Å². The molecular formula is C78H40Al4N2O4. The Morgan fingerprint density at radius 3 is 1.68 bits per heavy atom. The lowest BCUT2D eigenvalue weighted by molar-refractivity contribution is 0.0178. The van der Waals surface area contributed by atoms with Crippen LogP contribution in [0.2, 0.25) is 0 Å². The molecule has 17 aromatic carbocycles. The van der Waals surface area contributed by atoms with Crippen molar-refractivity contribution in [3.05, 3.63) is 224 Å². The number of nitrogens with one attached hydrogen (secondary N) is 1.